The Hall–Kier alpha value is -1.11. The Labute approximate surface area is 75.9 Å². The predicted molar refractivity (Wildman–Crippen MR) is 46.6 cm³/mol. The molecule has 0 radical (unpaired) electrons. The second-order valence-corrected chi connectivity index (χ2v) is 3.81. The van der Waals surface area contributed by atoms with Gasteiger partial charge >= 0.3 is 10.1 Å². The smallest absolute Gasteiger partial charge is 0.318 e. The monoisotopic (exact) mass is 203 g/mol. The minimum absolute atomic E-state index is 0.285. The maximum Gasteiger partial charge on any atom is 0.318 e. The third kappa shape index (κ3) is 3.02. The van der Waals surface area contributed by atoms with E-state index in [0.717, 1.165) is 0 Å². The molecular formula is C7H9NO4S. The largest absolute Gasteiger partial charge is 0.458 e. The molecular weight excluding hydrogens is 194 g/mol. The van der Waals surface area contributed by atoms with Crippen molar-refractivity contribution in [2.75, 3.05) is 0 Å². The van der Waals surface area contributed by atoms with Crippen LogP contribution < -0.4 is 10.5 Å². The van der Waals surface area contributed by atoms with Gasteiger partial charge in [0.25, 0.3) is 5.56 Å². The van der Waals surface area contributed by atoms with E-state index in [1.165, 1.54) is 12.1 Å². The van der Waals surface area contributed by atoms with Gasteiger partial charge in [0.15, 0.2) is 0 Å². The minimum atomic E-state index is -4.35. The molecule has 0 spiro atoms. The van der Waals surface area contributed by atoms with E-state index in [1.807, 2.05) is 0 Å². The molecule has 0 aliphatic heterocycles. The van der Waals surface area contributed by atoms with Crippen LogP contribution in [0.1, 0.15) is 0 Å². The molecule has 3 N–H and O–H groups in total. The highest BCUT2D eigenvalue weighted by Crippen LogP contribution is 2.10. The van der Waals surface area contributed by atoms with E-state index >= 15 is 0 Å². The van der Waals surface area contributed by atoms with Crippen molar-refractivity contribution >= 4 is 10.1 Å². The number of rotatable bonds is 3. The lowest BCUT2D eigenvalue weighted by molar-refractivity contribution is 0.264. The lowest BCUT2D eigenvalue weighted by Gasteiger charge is -2.10. The number of hydrogen-bond donors (Lipinski definition) is 2. The van der Waals surface area contributed by atoms with Gasteiger partial charge in [-0.05, 0) is 12.1 Å². The Morgan fingerprint density at radius 2 is 1.85 bits per heavy atom. The Kier molecular flexibility index (Phi) is 2.86. The minimum Gasteiger partial charge on any atom is -0.458 e. The van der Waals surface area contributed by atoms with E-state index in [-0.39, 0.29) is 5.75 Å². The number of para-hydroxylation sites is 1. The Bertz CT molecular complexity index is 361. The van der Waals surface area contributed by atoms with Gasteiger partial charge in [0.2, 0.25) is 0 Å². The van der Waals surface area contributed by atoms with Crippen LogP contribution in [-0.4, -0.2) is 18.5 Å². The van der Waals surface area contributed by atoms with Gasteiger partial charge in [-0.1, -0.05) is 18.2 Å². The predicted octanol–water partition coefficient (Wildman–Crippen LogP) is 0.196. The first-order valence-electron chi connectivity index (χ1n) is 3.44. The first kappa shape index (κ1) is 9.97. The first-order valence-corrected chi connectivity index (χ1v) is 4.94. The average Bonchev–Trinajstić information content (AvgIpc) is 2.04. The van der Waals surface area contributed by atoms with Gasteiger partial charge in [0.1, 0.15) is 5.75 Å². The van der Waals surface area contributed by atoms with Crippen LogP contribution in [0, 0.1) is 0 Å². The van der Waals surface area contributed by atoms with E-state index in [4.69, 9.17) is 15.0 Å². The van der Waals surface area contributed by atoms with E-state index < -0.39 is 15.7 Å². The summed E-state index contributed by atoms with van der Waals surface area (Å²) in [5.41, 5.74) is 3.28. The maximum absolute atomic E-state index is 10.4. The highest BCUT2D eigenvalue weighted by Gasteiger charge is 2.19. The van der Waals surface area contributed by atoms with Gasteiger partial charge in [0, 0.05) is 0 Å². The fraction of sp³-hybridized carbons (Fsp3) is 0.143. The zero-order valence-corrected chi connectivity index (χ0v) is 7.44. The third-order valence-electron chi connectivity index (χ3n) is 1.29. The number of benzene rings is 1. The number of ether oxygens (including phenoxy) is 1. The molecule has 0 fully saturated rings. The van der Waals surface area contributed by atoms with Crippen LogP contribution in [0.2, 0.25) is 0 Å². The van der Waals surface area contributed by atoms with Crippen molar-refractivity contribution in [2.24, 2.45) is 5.73 Å². The topological polar surface area (TPSA) is 89.6 Å². The van der Waals surface area contributed by atoms with Crippen LogP contribution in [0.25, 0.3) is 0 Å². The highest BCUT2D eigenvalue weighted by molar-refractivity contribution is 7.86. The maximum atomic E-state index is 10.4. The molecule has 0 amide bonds. The van der Waals surface area contributed by atoms with E-state index in [0.29, 0.717) is 0 Å². The van der Waals surface area contributed by atoms with Gasteiger partial charge in [-0.3, -0.25) is 10.3 Å². The van der Waals surface area contributed by atoms with Gasteiger partial charge in [-0.2, -0.15) is 8.42 Å². The van der Waals surface area contributed by atoms with Gasteiger partial charge in [0.05, 0.1) is 0 Å². The van der Waals surface area contributed by atoms with Gasteiger partial charge in [-0.15, -0.1) is 0 Å². The molecule has 0 heterocycles. The first-order chi connectivity index (χ1) is 6.00. The molecule has 0 saturated carbocycles. The summed E-state index contributed by atoms with van der Waals surface area (Å²) in [5, 5.41) is 0. The molecule has 0 aliphatic carbocycles. The molecule has 1 aromatic carbocycles. The van der Waals surface area contributed by atoms with Crippen molar-refractivity contribution in [2.45, 2.75) is 5.56 Å². The molecule has 0 aliphatic rings. The molecule has 6 heteroatoms. The lowest BCUT2D eigenvalue weighted by atomic mass is 10.3. The van der Waals surface area contributed by atoms with Crippen molar-refractivity contribution in [1.29, 1.82) is 0 Å². The van der Waals surface area contributed by atoms with Crippen LogP contribution >= 0.6 is 0 Å². The summed E-state index contributed by atoms with van der Waals surface area (Å²) < 4.78 is 34.1. The molecule has 72 valence electrons. The van der Waals surface area contributed by atoms with Crippen LogP contribution in [0.15, 0.2) is 30.3 Å². The quantitative estimate of drug-likeness (QED) is 0.541. The normalized spacial score (nSPS) is 13.7. The van der Waals surface area contributed by atoms with Crippen molar-refractivity contribution < 1.29 is 17.7 Å². The summed E-state index contributed by atoms with van der Waals surface area (Å²) in [6.45, 7) is 0. The Balaban J connectivity index is 2.72. The van der Waals surface area contributed by atoms with E-state index in [1.54, 1.807) is 18.2 Å². The summed E-state index contributed by atoms with van der Waals surface area (Å²) in [6.07, 6.45) is 0. The summed E-state index contributed by atoms with van der Waals surface area (Å²) in [5.74, 6) is 0.285. The van der Waals surface area contributed by atoms with Crippen molar-refractivity contribution in [3.05, 3.63) is 30.3 Å². The van der Waals surface area contributed by atoms with E-state index in [9.17, 15) is 8.42 Å². The van der Waals surface area contributed by atoms with E-state index in [2.05, 4.69) is 0 Å². The molecule has 1 aromatic rings. The molecule has 5 nitrogen and oxygen atoms in total. The second-order valence-electron chi connectivity index (χ2n) is 2.31. The molecule has 1 atom stereocenters. The molecule has 0 saturated heterocycles. The highest BCUT2D eigenvalue weighted by atomic mass is 32.2. The van der Waals surface area contributed by atoms with Gasteiger partial charge < -0.3 is 4.74 Å². The van der Waals surface area contributed by atoms with Crippen molar-refractivity contribution in [3.8, 4) is 5.75 Å². The number of hydrogen-bond acceptors (Lipinski definition) is 4. The molecule has 1 unspecified atom stereocenters. The molecule has 1 rings (SSSR count). The molecule has 0 aromatic heterocycles. The molecule has 13 heavy (non-hydrogen) atoms. The van der Waals surface area contributed by atoms with Crippen molar-refractivity contribution in [1.82, 2.24) is 0 Å². The number of nitrogens with two attached hydrogens (primary N) is 1. The second kappa shape index (κ2) is 3.73. The van der Waals surface area contributed by atoms with Crippen LogP contribution in [0.5, 0.6) is 5.75 Å². The van der Waals surface area contributed by atoms with Gasteiger partial charge in [-0.25, -0.2) is 0 Å². The lowest BCUT2D eigenvalue weighted by Crippen LogP contribution is -2.35. The Morgan fingerprint density at radius 3 is 2.31 bits per heavy atom. The summed E-state index contributed by atoms with van der Waals surface area (Å²) in [4.78, 5) is 0. The summed E-state index contributed by atoms with van der Waals surface area (Å²) >= 11 is 0. The van der Waals surface area contributed by atoms with Crippen molar-refractivity contribution in [3.63, 3.8) is 0 Å². The Morgan fingerprint density at radius 1 is 1.31 bits per heavy atom. The van der Waals surface area contributed by atoms with Crippen LogP contribution in [-0.2, 0) is 10.1 Å². The van der Waals surface area contributed by atoms with Crippen LogP contribution in [0.3, 0.4) is 0 Å². The zero-order chi connectivity index (χ0) is 9.90. The molecule has 0 bridgehead atoms. The van der Waals surface area contributed by atoms with Crippen LogP contribution in [0.4, 0.5) is 0 Å². The summed E-state index contributed by atoms with van der Waals surface area (Å²) in [7, 11) is -4.35. The average molecular weight is 203 g/mol. The zero-order valence-electron chi connectivity index (χ0n) is 6.62. The standard InChI is InChI=1S/C7H9NO4S/c8-7(13(9,10)11)12-6-4-2-1-3-5-6/h1-5,7H,8H2,(H,9,10,11). The fourth-order valence-corrected chi connectivity index (χ4v) is 0.927. The summed E-state index contributed by atoms with van der Waals surface area (Å²) in [6, 6.07) is 8.13. The fourth-order valence-electron chi connectivity index (χ4n) is 0.694. The SMILES string of the molecule is NC(Oc1ccccc1)S(=O)(=O)O. The third-order valence-corrected chi connectivity index (χ3v) is 1.97.